The minimum atomic E-state index is -0.956. The molecule has 2 heterocycles. The molecule has 0 aromatic carbocycles. The molecule has 92 valence electrons. The molecular formula is C10H14N4O3. The fraction of sp³-hybridized carbons (Fsp3) is 0.600. The lowest BCUT2D eigenvalue weighted by Crippen LogP contribution is -2.31. The summed E-state index contributed by atoms with van der Waals surface area (Å²) in [6.45, 7) is 1.73. The molecule has 0 spiro atoms. The molecule has 7 heteroatoms. The van der Waals surface area contributed by atoms with Gasteiger partial charge in [0.1, 0.15) is 6.54 Å². The third-order valence-corrected chi connectivity index (χ3v) is 2.67. The predicted molar refractivity (Wildman–Crippen MR) is 57.2 cm³/mol. The van der Waals surface area contributed by atoms with Crippen molar-refractivity contribution in [3.05, 3.63) is 11.9 Å². The molecule has 0 atom stereocenters. The smallest absolute Gasteiger partial charge is 0.309 e. The molecule has 2 rings (SSSR count). The number of nitrogens with zero attached hydrogens (tertiary/aromatic N) is 4. The second kappa shape index (κ2) is 4.94. The third-order valence-electron chi connectivity index (χ3n) is 2.67. The van der Waals surface area contributed by atoms with Gasteiger partial charge in [0.2, 0.25) is 5.91 Å². The molecule has 0 unspecified atom stereocenters. The summed E-state index contributed by atoms with van der Waals surface area (Å²) in [6, 6.07) is 0. The van der Waals surface area contributed by atoms with Gasteiger partial charge in [0, 0.05) is 19.3 Å². The van der Waals surface area contributed by atoms with Crippen molar-refractivity contribution in [1.29, 1.82) is 0 Å². The molecule has 1 aromatic heterocycles. The van der Waals surface area contributed by atoms with Gasteiger partial charge in [-0.2, -0.15) is 0 Å². The minimum Gasteiger partial charge on any atom is -0.481 e. The average Bonchev–Trinajstić information content (AvgIpc) is 2.87. The fourth-order valence-electron chi connectivity index (χ4n) is 1.86. The van der Waals surface area contributed by atoms with Crippen LogP contribution >= 0.6 is 0 Å². The maximum Gasteiger partial charge on any atom is 0.309 e. The van der Waals surface area contributed by atoms with Crippen LogP contribution in [0.5, 0.6) is 0 Å². The van der Waals surface area contributed by atoms with Crippen LogP contribution in [0, 0.1) is 0 Å². The van der Waals surface area contributed by atoms with E-state index in [1.807, 2.05) is 0 Å². The number of aromatic nitrogens is 3. The molecule has 1 aliphatic rings. The van der Waals surface area contributed by atoms with E-state index in [1.165, 1.54) is 10.9 Å². The summed E-state index contributed by atoms with van der Waals surface area (Å²) in [6.07, 6.45) is 3.43. The Morgan fingerprint density at radius 1 is 1.35 bits per heavy atom. The lowest BCUT2D eigenvalue weighted by Gasteiger charge is -2.14. The minimum absolute atomic E-state index is 0.00859. The van der Waals surface area contributed by atoms with Gasteiger partial charge in [0.25, 0.3) is 0 Å². The summed E-state index contributed by atoms with van der Waals surface area (Å²) in [4.78, 5) is 24.0. The highest BCUT2D eigenvalue weighted by Crippen LogP contribution is 2.08. The Labute approximate surface area is 98.0 Å². The van der Waals surface area contributed by atoms with Gasteiger partial charge in [-0.3, -0.25) is 9.59 Å². The van der Waals surface area contributed by atoms with Crippen molar-refractivity contribution in [3.8, 4) is 0 Å². The third kappa shape index (κ3) is 3.02. The number of hydrogen-bond donors (Lipinski definition) is 1. The summed E-state index contributed by atoms with van der Waals surface area (Å²) in [7, 11) is 0. The van der Waals surface area contributed by atoms with Gasteiger partial charge in [-0.05, 0) is 12.8 Å². The van der Waals surface area contributed by atoms with E-state index >= 15 is 0 Å². The Morgan fingerprint density at radius 3 is 2.71 bits per heavy atom. The predicted octanol–water partition coefficient (Wildman–Crippen LogP) is -0.472. The van der Waals surface area contributed by atoms with Crippen molar-refractivity contribution in [3.63, 3.8) is 0 Å². The van der Waals surface area contributed by atoms with Gasteiger partial charge in [-0.15, -0.1) is 5.10 Å². The molecule has 0 radical (unpaired) electrons. The van der Waals surface area contributed by atoms with E-state index in [2.05, 4.69) is 10.3 Å². The summed E-state index contributed by atoms with van der Waals surface area (Å²) in [5.74, 6) is -0.947. The first-order chi connectivity index (χ1) is 8.15. The SMILES string of the molecule is O=C(O)Cc1cn(CC(=O)N2CCCC2)nn1. The van der Waals surface area contributed by atoms with Crippen LogP contribution in [-0.2, 0) is 22.6 Å². The first-order valence-corrected chi connectivity index (χ1v) is 5.54. The van der Waals surface area contributed by atoms with Crippen molar-refractivity contribution in [1.82, 2.24) is 19.9 Å². The van der Waals surface area contributed by atoms with E-state index < -0.39 is 5.97 Å². The highest BCUT2D eigenvalue weighted by molar-refractivity contribution is 5.76. The molecule has 7 nitrogen and oxygen atoms in total. The number of carbonyl (C=O) groups excluding carboxylic acids is 1. The Balaban J connectivity index is 1.91. The normalized spacial score (nSPS) is 15.2. The summed E-state index contributed by atoms with van der Waals surface area (Å²) in [5.41, 5.74) is 0.367. The van der Waals surface area contributed by atoms with Crippen molar-refractivity contribution in [2.75, 3.05) is 13.1 Å². The first-order valence-electron chi connectivity index (χ1n) is 5.54. The largest absolute Gasteiger partial charge is 0.481 e. The van der Waals surface area contributed by atoms with Gasteiger partial charge in [0.05, 0.1) is 12.1 Å². The van der Waals surface area contributed by atoms with Crippen LogP contribution in [-0.4, -0.2) is 50.0 Å². The van der Waals surface area contributed by atoms with E-state index in [0.29, 0.717) is 5.69 Å². The highest BCUT2D eigenvalue weighted by atomic mass is 16.4. The molecule has 1 N–H and O–H groups in total. The van der Waals surface area contributed by atoms with Crippen molar-refractivity contribution in [2.45, 2.75) is 25.8 Å². The molecule has 1 saturated heterocycles. The standard InChI is InChI=1S/C10H14N4O3/c15-9(13-3-1-2-4-13)7-14-6-8(11-12-14)5-10(16)17/h6H,1-5,7H2,(H,16,17). The van der Waals surface area contributed by atoms with Crippen LogP contribution in [0.3, 0.4) is 0 Å². The van der Waals surface area contributed by atoms with E-state index in [1.54, 1.807) is 4.90 Å². The van der Waals surface area contributed by atoms with E-state index in [9.17, 15) is 9.59 Å². The van der Waals surface area contributed by atoms with Crippen LogP contribution in [0.2, 0.25) is 0 Å². The van der Waals surface area contributed by atoms with Crippen LogP contribution in [0.15, 0.2) is 6.20 Å². The number of aliphatic carboxylic acids is 1. The lowest BCUT2D eigenvalue weighted by atomic mass is 10.3. The van der Waals surface area contributed by atoms with Gasteiger partial charge in [-0.1, -0.05) is 5.21 Å². The molecule has 1 amide bonds. The molecule has 1 aromatic rings. The number of carboxylic acid groups (broad SMARTS) is 1. The van der Waals surface area contributed by atoms with E-state index in [-0.39, 0.29) is 18.9 Å². The number of rotatable bonds is 4. The molecule has 0 aliphatic carbocycles. The zero-order chi connectivity index (χ0) is 12.3. The maximum absolute atomic E-state index is 11.8. The monoisotopic (exact) mass is 238 g/mol. The molecular weight excluding hydrogens is 224 g/mol. The molecule has 1 fully saturated rings. The number of amides is 1. The molecule has 0 bridgehead atoms. The van der Waals surface area contributed by atoms with Crippen LogP contribution in [0.4, 0.5) is 0 Å². The Hall–Kier alpha value is -1.92. The second-order valence-corrected chi connectivity index (χ2v) is 4.07. The topological polar surface area (TPSA) is 88.3 Å². The Kier molecular flexibility index (Phi) is 3.36. The quantitative estimate of drug-likeness (QED) is 0.766. The maximum atomic E-state index is 11.8. The lowest BCUT2D eigenvalue weighted by molar-refractivity contribution is -0.136. The summed E-state index contributed by atoms with van der Waals surface area (Å²) in [5, 5.41) is 16.0. The summed E-state index contributed by atoms with van der Waals surface area (Å²) < 4.78 is 1.39. The second-order valence-electron chi connectivity index (χ2n) is 4.07. The molecule has 17 heavy (non-hydrogen) atoms. The first kappa shape index (κ1) is 11.6. The van der Waals surface area contributed by atoms with Gasteiger partial charge in [0.15, 0.2) is 0 Å². The average molecular weight is 238 g/mol. The Bertz CT molecular complexity index is 423. The number of carbonyl (C=O) groups is 2. The fourth-order valence-corrected chi connectivity index (χ4v) is 1.86. The highest BCUT2D eigenvalue weighted by Gasteiger charge is 2.18. The van der Waals surface area contributed by atoms with Gasteiger partial charge in [-0.25, -0.2) is 4.68 Å². The number of hydrogen-bond acceptors (Lipinski definition) is 4. The number of carboxylic acids is 1. The van der Waals surface area contributed by atoms with Crippen molar-refractivity contribution < 1.29 is 14.7 Å². The van der Waals surface area contributed by atoms with E-state index in [4.69, 9.17) is 5.11 Å². The number of likely N-dealkylation sites (tertiary alicyclic amines) is 1. The van der Waals surface area contributed by atoms with E-state index in [0.717, 1.165) is 25.9 Å². The molecule has 1 aliphatic heterocycles. The van der Waals surface area contributed by atoms with Crippen LogP contribution in [0.1, 0.15) is 18.5 Å². The summed E-state index contributed by atoms with van der Waals surface area (Å²) >= 11 is 0. The zero-order valence-electron chi connectivity index (χ0n) is 9.37. The van der Waals surface area contributed by atoms with Crippen molar-refractivity contribution >= 4 is 11.9 Å². The van der Waals surface area contributed by atoms with Gasteiger partial charge < -0.3 is 10.0 Å². The Morgan fingerprint density at radius 2 is 2.06 bits per heavy atom. The molecule has 0 saturated carbocycles. The van der Waals surface area contributed by atoms with Gasteiger partial charge >= 0.3 is 5.97 Å². The van der Waals surface area contributed by atoms with Crippen LogP contribution in [0.25, 0.3) is 0 Å². The van der Waals surface area contributed by atoms with Crippen molar-refractivity contribution in [2.24, 2.45) is 0 Å². The van der Waals surface area contributed by atoms with Crippen LogP contribution < -0.4 is 0 Å². The zero-order valence-corrected chi connectivity index (χ0v) is 9.37.